The van der Waals surface area contributed by atoms with Gasteiger partial charge >= 0.3 is 0 Å². The number of piperidine rings is 1. The third-order valence-electron chi connectivity index (χ3n) is 6.85. The van der Waals surface area contributed by atoms with E-state index in [1.165, 1.54) is 0 Å². The predicted octanol–water partition coefficient (Wildman–Crippen LogP) is 3.28. The Morgan fingerprint density at radius 1 is 1.20 bits per heavy atom. The van der Waals surface area contributed by atoms with Crippen LogP contribution in [0.1, 0.15) is 60.5 Å². The molecule has 0 spiro atoms. The topological polar surface area (TPSA) is 75.7 Å². The Morgan fingerprint density at radius 3 is 2.47 bits per heavy atom. The molecule has 0 aliphatic carbocycles. The number of rotatable bonds is 7. The monoisotopic (exact) mass is 436 g/mol. The van der Waals surface area contributed by atoms with E-state index in [-0.39, 0.29) is 17.1 Å². The van der Waals surface area contributed by atoms with Crippen LogP contribution in [0.4, 0.5) is 0 Å². The largest absolute Gasteiger partial charge is 0.381 e. The molecular formula is C23H36N2O4S. The molecule has 0 atom stereocenters. The van der Waals surface area contributed by atoms with E-state index in [0.29, 0.717) is 31.1 Å². The highest BCUT2D eigenvalue weighted by Crippen LogP contribution is 2.40. The molecule has 0 bridgehead atoms. The molecule has 1 aromatic rings. The molecule has 0 saturated carbocycles. The summed E-state index contributed by atoms with van der Waals surface area (Å²) in [5.74, 6) is 0.678. The van der Waals surface area contributed by atoms with Gasteiger partial charge in [-0.2, -0.15) is 0 Å². The first kappa shape index (κ1) is 23.2. The van der Waals surface area contributed by atoms with Gasteiger partial charge in [0.1, 0.15) is 0 Å². The maximum Gasteiger partial charge on any atom is 0.251 e. The zero-order valence-corrected chi connectivity index (χ0v) is 19.4. The zero-order valence-electron chi connectivity index (χ0n) is 18.6. The fraction of sp³-hybridized carbons (Fsp3) is 0.696. The van der Waals surface area contributed by atoms with Crippen molar-refractivity contribution in [3.63, 3.8) is 0 Å². The van der Waals surface area contributed by atoms with Crippen molar-refractivity contribution in [2.24, 2.45) is 11.3 Å². The lowest BCUT2D eigenvalue weighted by Gasteiger charge is -2.44. The van der Waals surface area contributed by atoms with E-state index < -0.39 is 10.0 Å². The standard InChI is InChI=1S/C23H36N2O4S/c1-4-30(27,28)25-11-9-23(10-12-25,16-20-7-13-29-14-8-20)17-24-22(26)21-6-5-18(2)15-19(21)3/h5-6,15,20H,4,7-14,16-17H2,1-3H3,(H,24,26). The van der Waals surface area contributed by atoms with Gasteiger partial charge in [0.25, 0.3) is 5.91 Å². The molecule has 0 aromatic heterocycles. The summed E-state index contributed by atoms with van der Waals surface area (Å²) in [5, 5.41) is 3.19. The Kier molecular flexibility index (Phi) is 7.58. The fourth-order valence-electron chi connectivity index (χ4n) is 4.87. The fourth-order valence-corrected chi connectivity index (χ4v) is 5.97. The number of aryl methyl sites for hydroxylation is 2. The van der Waals surface area contributed by atoms with Crippen LogP contribution in [0.3, 0.4) is 0 Å². The molecule has 3 rings (SSSR count). The molecule has 6 nitrogen and oxygen atoms in total. The lowest BCUT2D eigenvalue weighted by atomic mass is 9.71. The third-order valence-corrected chi connectivity index (χ3v) is 8.74. The van der Waals surface area contributed by atoms with Crippen molar-refractivity contribution in [1.82, 2.24) is 9.62 Å². The maximum atomic E-state index is 12.9. The minimum Gasteiger partial charge on any atom is -0.381 e. The SMILES string of the molecule is CCS(=O)(=O)N1CCC(CNC(=O)c2ccc(C)cc2C)(CC2CCOCC2)CC1. The molecule has 30 heavy (non-hydrogen) atoms. The first-order valence-corrected chi connectivity index (χ1v) is 12.8. The van der Waals surface area contributed by atoms with E-state index in [9.17, 15) is 13.2 Å². The van der Waals surface area contributed by atoms with Crippen molar-refractivity contribution in [1.29, 1.82) is 0 Å². The minimum atomic E-state index is -3.16. The number of sulfonamides is 1. The summed E-state index contributed by atoms with van der Waals surface area (Å²) in [4.78, 5) is 12.9. The molecule has 0 unspecified atom stereocenters. The van der Waals surface area contributed by atoms with Crippen LogP contribution in [0.25, 0.3) is 0 Å². The van der Waals surface area contributed by atoms with Gasteiger partial charge in [0.05, 0.1) is 5.75 Å². The third kappa shape index (κ3) is 5.62. The molecular weight excluding hydrogens is 400 g/mol. The zero-order chi connectivity index (χ0) is 21.8. The van der Waals surface area contributed by atoms with Gasteiger partial charge in [-0.15, -0.1) is 0 Å². The van der Waals surface area contributed by atoms with E-state index >= 15 is 0 Å². The minimum absolute atomic E-state index is 0.0394. The normalized spacial score (nSPS) is 20.8. The van der Waals surface area contributed by atoms with Crippen LogP contribution in [-0.4, -0.2) is 57.2 Å². The number of carbonyl (C=O) groups is 1. The predicted molar refractivity (Wildman–Crippen MR) is 119 cm³/mol. The number of nitrogens with zero attached hydrogens (tertiary/aromatic N) is 1. The van der Waals surface area contributed by atoms with Crippen LogP contribution < -0.4 is 5.32 Å². The van der Waals surface area contributed by atoms with Gasteiger partial charge in [0.2, 0.25) is 10.0 Å². The molecule has 2 aliphatic rings. The van der Waals surface area contributed by atoms with Crippen molar-refractivity contribution >= 4 is 15.9 Å². The van der Waals surface area contributed by atoms with Crippen LogP contribution in [0.2, 0.25) is 0 Å². The molecule has 1 aromatic carbocycles. The van der Waals surface area contributed by atoms with Crippen LogP contribution in [0, 0.1) is 25.2 Å². The lowest BCUT2D eigenvalue weighted by molar-refractivity contribution is 0.0335. The van der Waals surface area contributed by atoms with Gasteiger partial charge in [-0.1, -0.05) is 17.7 Å². The van der Waals surface area contributed by atoms with E-state index in [1.54, 1.807) is 11.2 Å². The van der Waals surface area contributed by atoms with Crippen molar-refractivity contribution in [2.75, 3.05) is 38.6 Å². The van der Waals surface area contributed by atoms with Gasteiger partial charge in [-0.3, -0.25) is 4.79 Å². The van der Waals surface area contributed by atoms with Crippen LogP contribution in [0.5, 0.6) is 0 Å². The molecule has 1 amide bonds. The Bertz CT molecular complexity index is 839. The van der Waals surface area contributed by atoms with Crippen LogP contribution in [0.15, 0.2) is 18.2 Å². The number of amides is 1. The van der Waals surface area contributed by atoms with Crippen LogP contribution in [-0.2, 0) is 14.8 Å². The Hall–Kier alpha value is -1.44. The second-order valence-electron chi connectivity index (χ2n) is 9.06. The second kappa shape index (κ2) is 9.79. The number of benzene rings is 1. The molecule has 0 radical (unpaired) electrons. The lowest BCUT2D eigenvalue weighted by Crippen LogP contribution is -2.49. The van der Waals surface area contributed by atoms with E-state index in [4.69, 9.17) is 4.74 Å². The van der Waals surface area contributed by atoms with Crippen molar-refractivity contribution < 1.29 is 17.9 Å². The highest BCUT2D eigenvalue weighted by atomic mass is 32.2. The van der Waals surface area contributed by atoms with Crippen molar-refractivity contribution in [2.45, 2.75) is 52.9 Å². The number of carbonyl (C=O) groups excluding carboxylic acids is 1. The number of ether oxygens (including phenoxy) is 1. The quantitative estimate of drug-likeness (QED) is 0.712. The van der Waals surface area contributed by atoms with Gasteiger partial charge in [0.15, 0.2) is 0 Å². The van der Waals surface area contributed by atoms with E-state index in [2.05, 4.69) is 5.32 Å². The number of hydrogen-bond donors (Lipinski definition) is 1. The molecule has 2 saturated heterocycles. The molecule has 1 N–H and O–H groups in total. The van der Waals surface area contributed by atoms with E-state index in [1.807, 2.05) is 32.0 Å². The molecule has 2 fully saturated rings. The van der Waals surface area contributed by atoms with Crippen molar-refractivity contribution in [3.8, 4) is 0 Å². The Morgan fingerprint density at radius 2 is 1.87 bits per heavy atom. The molecule has 168 valence electrons. The van der Waals surface area contributed by atoms with Gasteiger partial charge in [-0.25, -0.2) is 12.7 Å². The summed E-state index contributed by atoms with van der Waals surface area (Å²) in [7, 11) is -3.16. The van der Waals surface area contributed by atoms with Crippen molar-refractivity contribution in [3.05, 3.63) is 34.9 Å². The Balaban J connectivity index is 1.70. The molecule has 7 heteroatoms. The van der Waals surface area contributed by atoms with E-state index in [0.717, 1.165) is 56.4 Å². The molecule has 2 heterocycles. The Labute approximate surface area is 181 Å². The maximum absolute atomic E-state index is 12.9. The summed E-state index contributed by atoms with van der Waals surface area (Å²) in [5.41, 5.74) is 2.78. The summed E-state index contributed by atoms with van der Waals surface area (Å²) < 4.78 is 31.8. The first-order valence-electron chi connectivity index (χ1n) is 11.2. The highest BCUT2D eigenvalue weighted by Gasteiger charge is 2.39. The summed E-state index contributed by atoms with van der Waals surface area (Å²) in [6, 6.07) is 5.89. The smallest absolute Gasteiger partial charge is 0.251 e. The number of hydrogen-bond acceptors (Lipinski definition) is 4. The average Bonchev–Trinajstić information content (AvgIpc) is 2.73. The average molecular weight is 437 g/mol. The highest BCUT2D eigenvalue weighted by molar-refractivity contribution is 7.89. The first-order chi connectivity index (χ1) is 14.2. The summed E-state index contributed by atoms with van der Waals surface area (Å²) >= 11 is 0. The van der Waals surface area contributed by atoms with Gasteiger partial charge in [0, 0.05) is 38.4 Å². The van der Waals surface area contributed by atoms with Crippen LogP contribution >= 0.6 is 0 Å². The van der Waals surface area contributed by atoms with Gasteiger partial charge < -0.3 is 10.1 Å². The van der Waals surface area contributed by atoms with Gasteiger partial charge in [-0.05, 0) is 75.8 Å². The number of nitrogens with one attached hydrogen (secondary N) is 1. The molecule has 2 aliphatic heterocycles. The second-order valence-corrected chi connectivity index (χ2v) is 11.3. The summed E-state index contributed by atoms with van der Waals surface area (Å²) in [6.07, 6.45) is 4.69. The summed E-state index contributed by atoms with van der Waals surface area (Å²) in [6.45, 7) is 8.96.